The van der Waals surface area contributed by atoms with Gasteiger partial charge in [0.1, 0.15) is 11.5 Å². The van der Waals surface area contributed by atoms with Crippen LogP contribution in [0.15, 0.2) is 49.1 Å². The zero-order valence-corrected chi connectivity index (χ0v) is 14.9. The van der Waals surface area contributed by atoms with Crippen LogP contribution in [0, 0.1) is 0 Å². The first kappa shape index (κ1) is 18.2. The molecule has 0 atom stereocenters. The van der Waals surface area contributed by atoms with E-state index in [1.54, 1.807) is 18.2 Å². The monoisotopic (exact) mass is 366 g/mol. The van der Waals surface area contributed by atoms with E-state index >= 15 is 0 Å². The Morgan fingerprint density at radius 2 is 1.81 bits per heavy atom. The predicted octanol–water partition coefficient (Wildman–Crippen LogP) is 2.74. The molecular weight excluding hydrogens is 348 g/mol. The molecule has 0 aromatic heterocycles. The van der Waals surface area contributed by atoms with Crippen molar-refractivity contribution >= 4 is 23.4 Å². The maximum atomic E-state index is 12.6. The van der Waals surface area contributed by atoms with Gasteiger partial charge in [0.05, 0.1) is 31.0 Å². The van der Waals surface area contributed by atoms with Crippen LogP contribution < -0.4 is 14.8 Å². The van der Waals surface area contributed by atoms with Gasteiger partial charge in [-0.2, -0.15) is 0 Å². The van der Waals surface area contributed by atoms with Crippen molar-refractivity contribution in [3.63, 3.8) is 0 Å². The molecule has 1 aliphatic heterocycles. The molecule has 2 aromatic carbocycles. The average molecular weight is 366 g/mol. The zero-order valence-electron chi connectivity index (χ0n) is 14.9. The normalized spacial score (nSPS) is 12.6. The summed E-state index contributed by atoms with van der Waals surface area (Å²) in [5.41, 5.74) is 1.16. The maximum absolute atomic E-state index is 12.6. The minimum Gasteiger partial charge on any atom is -0.497 e. The molecule has 0 fully saturated rings. The number of benzene rings is 2. The number of ether oxygens (including phenoxy) is 2. The second-order valence-corrected chi connectivity index (χ2v) is 5.79. The number of fused-ring (bicyclic) bond motifs is 1. The Morgan fingerprint density at radius 1 is 1.07 bits per heavy atom. The Kier molecular flexibility index (Phi) is 4.94. The number of nitrogens with one attached hydrogen (secondary N) is 1. The summed E-state index contributed by atoms with van der Waals surface area (Å²) >= 11 is 0. The van der Waals surface area contributed by atoms with Crippen LogP contribution in [0.4, 0.5) is 5.69 Å². The van der Waals surface area contributed by atoms with Gasteiger partial charge in [0.25, 0.3) is 17.7 Å². The Bertz CT molecular complexity index is 951. The molecule has 7 heteroatoms. The highest BCUT2D eigenvalue weighted by Gasteiger charge is 2.35. The molecule has 138 valence electrons. The molecule has 0 aliphatic carbocycles. The molecule has 2 aromatic rings. The number of carbonyl (C=O) groups is 3. The van der Waals surface area contributed by atoms with Gasteiger partial charge < -0.3 is 14.8 Å². The topological polar surface area (TPSA) is 84.9 Å². The molecule has 0 radical (unpaired) electrons. The third-order valence-corrected chi connectivity index (χ3v) is 4.20. The van der Waals surface area contributed by atoms with Gasteiger partial charge in [0.2, 0.25) is 0 Å². The lowest BCUT2D eigenvalue weighted by Gasteiger charge is -2.12. The largest absolute Gasteiger partial charge is 0.497 e. The summed E-state index contributed by atoms with van der Waals surface area (Å²) in [5, 5.41) is 2.74. The molecule has 0 saturated carbocycles. The average Bonchev–Trinajstić information content (AvgIpc) is 2.92. The van der Waals surface area contributed by atoms with Gasteiger partial charge in [-0.3, -0.25) is 19.3 Å². The summed E-state index contributed by atoms with van der Waals surface area (Å²) in [6, 6.07) is 9.42. The van der Waals surface area contributed by atoms with Gasteiger partial charge in [-0.15, -0.1) is 6.58 Å². The van der Waals surface area contributed by atoms with E-state index in [0.717, 1.165) is 4.90 Å². The molecule has 27 heavy (non-hydrogen) atoms. The number of methoxy groups -OCH3 is 2. The first-order valence-electron chi connectivity index (χ1n) is 8.14. The number of carbonyl (C=O) groups excluding carboxylic acids is 3. The van der Waals surface area contributed by atoms with E-state index < -0.39 is 17.7 Å². The Labute approximate surface area is 156 Å². The highest BCUT2D eigenvalue weighted by atomic mass is 16.5. The van der Waals surface area contributed by atoms with Gasteiger partial charge in [-0.05, 0) is 30.3 Å². The first-order chi connectivity index (χ1) is 13.0. The van der Waals surface area contributed by atoms with E-state index in [1.165, 1.54) is 38.5 Å². The smallest absolute Gasteiger partial charge is 0.261 e. The molecule has 0 spiro atoms. The summed E-state index contributed by atoms with van der Waals surface area (Å²) in [7, 11) is 3.01. The lowest BCUT2D eigenvalue weighted by molar-refractivity contribution is 0.0672. The lowest BCUT2D eigenvalue weighted by atomic mass is 10.1. The van der Waals surface area contributed by atoms with Crippen molar-refractivity contribution in [1.29, 1.82) is 0 Å². The Morgan fingerprint density at radius 3 is 2.48 bits per heavy atom. The summed E-state index contributed by atoms with van der Waals surface area (Å²) in [5.74, 6) is -0.249. The fraction of sp³-hybridized carbons (Fsp3) is 0.150. The maximum Gasteiger partial charge on any atom is 0.261 e. The highest BCUT2D eigenvalue weighted by Crippen LogP contribution is 2.30. The van der Waals surface area contributed by atoms with Crippen LogP contribution in [0.25, 0.3) is 0 Å². The Balaban J connectivity index is 1.89. The molecule has 0 bridgehead atoms. The number of hydrogen-bond donors (Lipinski definition) is 1. The van der Waals surface area contributed by atoms with Crippen molar-refractivity contribution in [3.8, 4) is 11.5 Å². The summed E-state index contributed by atoms with van der Waals surface area (Å²) < 4.78 is 10.4. The minimum absolute atomic E-state index is 0.120. The van der Waals surface area contributed by atoms with Gasteiger partial charge in [-0.25, -0.2) is 0 Å². The van der Waals surface area contributed by atoms with Crippen LogP contribution >= 0.6 is 0 Å². The fourth-order valence-electron chi connectivity index (χ4n) is 2.83. The van der Waals surface area contributed by atoms with Gasteiger partial charge in [0, 0.05) is 18.2 Å². The van der Waals surface area contributed by atoms with Crippen molar-refractivity contribution in [3.05, 3.63) is 65.7 Å². The first-order valence-corrected chi connectivity index (χ1v) is 8.14. The fourth-order valence-corrected chi connectivity index (χ4v) is 2.83. The summed E-state index contributed by atoms with van der Waals surface area (Å²) in [6.07, 6.45) is 1.48. The molecule has 1 N–H and O–H groups in total. The molecular formula is C20H18N2O5. The van der Waals surface area contributed by atoms with Crippen LogP contribution in [0.2, 0.25) is 0 Å². The molecule has 3 amide bonds. The third-order valence-electron chi connectivity index (χ3n) is 4.20. The summed E-state index contributed by atoms with van der Waals surface area (Å²) in [4.78, 5) is 38.4. The molecule has 0 saturated heterocycles. The second kappa shape index (κ2) is 7.33. The van der Waals surface area contributed by atoms with Crippen LogP contribution in [-0.2, 0) is 0 Å². The third kappa shape index (κ3) is 3.27. The van der Waals surface area contributed by atoms with Crippen LogP contribution in [-0.4, -0.2) is 43.4 Å². The van der Waals surface area contributed by atoms with Crippen LogP contribution in [0.1, 0.15) is 31.1 Å². The van der Waals surface area contributed by atoms with Gasteiger partial charge in [-0.1, -0.05) is 6.08 Å². The predicted molar refractivity (Wildman–Crippen MR) is 99.5 cm³/mol. The quantitative estimate of drug-likeness (QED) is 0.628. The van der Waals surface area contributed by atoms with E-state index in [0.29, 0.717) is 17.2 Å². The van der Waals surface area contributed by atoms with Crippen LogP contribution in [0.5, 0.6) is 11.5 Å². The number of hydrogen-bond acceptors (Lipinski definition) is 5. The second-order valence-electron chi connectivity index (χ2n) is 5.79. The van der Waals surface area contributed by atoms with Gasteiger partial charge >= 0.3 is 0 Å². The minimum atomic E-state index is -0.441. The number of imide groups is 1. The van der Waals surface area contributed by atoms with Crippen molar-refractivity contribution in [2.24, 2.45) is 0 Å². The lowest BCUT2D eigenvalue weighted by Crippen LogP contribution is -2.29. The Hall–Kier alpha value is -3.61. The van der Waals surface area contributed by atoms with E-state index in [2.05, 4.69) is 11.9 Å². The number of rotatable bonds is 6. The SMILES string of the molecule is C=CCN1C(=O)c2ccc(C(=O)Nc3cc(OC)ccc3OC)cc2C1=O. The van der Waals surface area contributed by atoms with Crippen molar-refractivity contribution in [2.75, 3.05) is 26.1 Å². The number of nitrogens with zero attached hydrogens (tertiary/aromatic N) is 1. The van der Waals surface area contributed by atoms with Crippen molar-refractivity contribution < 1.29 is 23.9 Å². The highest BCUT2D eigenvalue weighted by molar-refractivity contribution is 6.22. The number of amides is 3. The van der Waals surface area contributed by atoms with Crippen molar-refractivity contribution in [2.45, 2.75) is 0 Å². The zero-order chi connectivity index (χ0) is 19.6. The van der Waals surface area contributed by atoms with E-state index in [-0.39, 0.29) is 23.2 Å². The van der Waals surface area contributed by atoms with Gasteiger partial charge in [0.15, 0.2) is 0 Å². The van der Waals surface area contributed by atoms with E-state index in [4.69, 9.17) is 9.47 Å². The van der Waals surface area contributed by atoms with E-state index in [9.17, 15) is 14.4 Å². The molecule has 1 heterocycles. The standard InChI is InChI=1S/C20H18N2O5/c1-4-9-22-19(24)14-7-5-12(10-15(14)20(22)25)18(23)21-16-11-13(26-2)6-8-17(16)27-3/h4-8,10-11H,1,9H2,2-3H3,(H,21,23). The molecule has 3 rings (SSSR count). The van der Waals surface area contributed by atoms with Crippen molar-refractivity contribution in [1.82, 2.24) is 4.90 Å². The van der Waals surface area contributed by atoms with Crippen LogP contribution in [0.3, 0.4) is 0 Å². The summed E-state index contributed by atoms with van der Waals surface area (Å²) in [6.45, 7) is 3.67. The van der Waals surface area contributed by atoms with E-state index in [1.807, 2.05) is 0 Å². The number of anilines is 1. The molecule has 1 aliphatic rings. The molecule has 7 nitrogen and oxygen atoms in total. The molecule has 0 unspecified atom stereocenters.